The fourth-order valence-corrected chi connectivity index (χ4v) is 1.93. The summed E-state index contributed by atoms with van der Waals surface area (Å²) in [6, 6.07) is 4.30. The Morgan fingerprint density at radius 2 is 2.19 bits per heavy atom. The highest BCUT2D eigenvalue weighted by atomic mass is 35.5. The van der Waals surface area contributed by atoms with Gasteiger partial charge in [-0.25, -0.2) is 4.39 Å². The maximum atomic E-state index is 12.9. The summed E-state index contributed by atoms with van der Waals surface area (Å²) in [5.41, 5.74) is 0.751. The third-order valence-corrected chi connectivity index (χ3v) is 2.82. The zero-order valence-corrected chi connectivity index (χ0v) is 9.05. The van der Waals surface area contributed by atoms with Crippen LogP contribution >= 0.6 is 11.6 Å². The minimum absolute atomic E-state index is 0.0298. The molecule has 1 aliphatic heterocycles. The predicted molar refractivity (Wildman–Crippen MR) is 56.4 cm³/mol. The molecular formula is C11H9ClFNO2. The van der Waals surface area contributed by atoms with Crippen molar-refractivity contribution < 1.29 is 14.0 Å². The van der Waals surface area contributed by atoms with Gasteiger partial charge in [0, 0.05) is 6.42 Å². The van der Waals surface area contributed by atoms with Crippen LogP contribution in [0.5, 0.6) is 0 Å². The SMILES string of the molecule is O=C1CC(Cc2ccc(F)c(Cl)c2)C(=O)N1. The van der Waals surface area contributed by atoms with E-state index < -0.39 is 5.82 Å². The van der Waals surface area contributed by atoms with E-state index in [0.29, 0.717) is 6.42 Å². The number of amides is 2. The van der Waals surface area contributed by atoms with E-state index in [1.54, 1.807) is 6.07 Å². The molecule has 84 valence electrons. The lowest BCUT2D eigenvalue weighted by atomic mass is 9.98. The summed E-state index contributed by atoms with van der Waals surface area (Å²) >= 11 is 5.62. The first kappa shape index (κ1) is 11.1. The van der Waals surface area contributed by atoms with Crippen molar-refractivity contribution in [3.05, 3.63) is 34.6 Å². The van der Waals surface area contributed by atoms with Crippen LogP contribution in [0, 0.1) is 11.7 Å². The van der Waals surface area contributed by atoms with Crippen LogP contribution < -0.4 is 5.32 Å². The van der Waals surface area contributed by atoms with Gasteiger partial charge in [0.1, 0.15) is 5.82 Å². The van der Waals surface area contributed by atoms with Crippen LogP contribution in [-0.4, -0.2) is 11.8 Å². The topological polar surface area (TPSA) is 46.2 Å². The Kier molecular flexibility index (Phi) is 2.92. The summed E-state index contributed by atoms with van der Waals surface area (Å²) in [5, 5.41) is 2.26. The van der Waals surface area contributed by atoms with Crippen molar-refractivity contribution in [1.29, 1.82) is 0 Å². The fourth-order valence-electron chi connectivity index (χ4n) is 1.72. The number of carbonyl (C=O) groups is 2. The highest BCUT2D eigenvalue weighted by Crippen LogP contribution is 2.21. The lowest BCUT2D eigenvalue weighted by Gasteiger charge is -2.06. The van der Waals surface area contributed by atoms with Gasteiger partial charge in [0.25, 0.3) is 0 Å². The molecule has 16 heavy (non-hydrogen) atoms. The predicted octanol–water partition coefficient (Wildman–Crippen LogP) is 1.68. The Morgan fingerprint density at radius 1 is 1.44 bits per heavy atom. The highest BCUT2D eigenvalue weighted by Gasteiger charge is 2.30. The second kappa shape index (κ2) is 4.22. The summed E-state index contributed by atoms with van der Waals surface area (Å²) in [7, 11) is 0. The van der Waals surface area contributed by atoms with Crippen LogP contribution in [0.25, 0.3) is 0 Å². The molecule has 1 N–H and O–H groups in total. The zero-order chi connectivity index (χ0) is 11.7. The number of hydrogen-bond acceptors (Lipinski definition) is 2. The number of nitrogens with one attached hydrogen (secondary N) is 1. The van der Waals surface area contributed by atoms with Gasteiger partial charge in [-0.2, -0.15) is 0 Å². The van der Waals surface area contributed by atoms with Crippen LogP contribution in [0.3, 0.4) is 0 Å². The Hall–Kier alpha value is -1.42. The van der Waals surface area contributed by atoms with E-state index in [2.05, 4.69) is 5.32 Å². The van der Waals surface area contributed by atoms with Gasteiger partial charge < -0.3 is 0 Å². The first-order valence-corrected chi connectivity index (χ1v) is 5.21. The lowest BCUT2D eigenvalue weighted by molar-refractivity contribution is -0.125. The number of benzene rings is 1. The summed E-state index contributed by atoms with van der Waals surface area (Å²) in [4.78, 5) is 22.3. The molecule has 2 amide bonds. The van der Waals surface area contributed by atoms with Crippen molar-refractivity contribution in [3.63, 3.8) is 0 Å². The van der Waals surface area contributed by atoms with Crippen molar-refractivity contribution in [2.45, 2.75) is 12.8 Å². The second-order valence-electron chi connectivity index (χ2n) is 3.77. The third kappa shape index (κ3) is 2.22. The maximum Gasteiger partial charge on any atom is 0.230 e. The molecule has 1 aromatic carbocycles. The number of hydrogen-bond donors (Lipinski definition) is 1. The molecule has 1 aromatic rings. The molecule has 1 unspecified atom stereocenters. The molecular weight excluding hydrogens is 233 g/mol. The van der Waals surface area contributed by atoms with E-state index in [0.717, 1.165) is 5.56 Å². The van der Waals surface area contributed by atoms with E-state index >= 15 is 0 Å². The smallest absolute Gasteiger partial charge is 0.230 e. The molecule has 1 atom stereocenters. The molecule has 2 rings (SSSR count). The summed E-state index contributed by atoms with van der Waals surface area (Å²) in [6.07, 6.45) is 0.589. The molecule has 3 nitrogen and oxygen atoms in total. The quantitative estimate of drug-likeness (QED) is 0.801. The van der Waals surface area contributed by atoms with Gasteiger partial charge in [0.2, 0.25) is 11.8 Å². The van der Waals surface area contributed by atoms with Crippen LogP contribution in [-0.2, 0) is 16.0 Å². The molecule has 1 saturated heterocycles. The number of carbonyl (C=O) groups excluding carboxylic acids is 2. The van der Waals surface area contributed by atoms with Crippen LogP contribution in [0.4, 0.5) is 4.39 Å². The van der Waals surface area contributed by atoms with Crippen LogP contribution in [0.2, 0.25) is 5.02 Å². The average molecular weight is 242 g/mol. The molecule has 0 aliphatic carbocycles. The largest absolute Gasteiger partial charge is 0.296 e. The minimum atomic E-state index is -0.489. The minimum Gasteiger partial charge on any atom is -0.296 e. The zero-order valence-electron chi connectivity index (χ0n) is 8.30. The van der Waals surface area contributed by atoms with Gasteiger partial charge in [-0.3, -0.25) is 14.9 Å². The van der Waals surface area contributed by atoms with Gasteiger partial charge >= 0.3 is 0 Å². The standard InChI is InChI=1S/C11H9ClFNO2/c12-8-4-6(1-2-9(8)13)3-7-5-10(15)14-11(7)16/h1-2,4,7H,3,5H2,(H,14,15,16). The van der Waals surface area contributed by atoms with Gasteiger partial charge in [-0.05, 0) is 24.1 Å². The molecule has 0 bridgehead atoms. The van der Waals surface area contributed by atoms with E-state index in [9.17, 15) is 14.0 Å². The van der Waals surface area contributed by atoms with E-state index in [4.69, 9.17) is 11.6 Å². The molecule has 1 fully saturated rings. The highest BCUT2D eigenvalue weighted by molar-refractivity contribution is 6.30. The van der Waals surface area contributed by atoms with E-state index in [-0.39, 0.29) is 29.2 Å². The van der Waals surface area contributed by atoms with E-state index in [1.165, 1.54) is 12.1 Å². The Bertz CT molecular complexity index is 461. The van der Waals surface area contributed by atoms with E-state index in [1.807, 2.05) is 0 Å². The maximum absolute atomic E-state index is 12.9. The van der Waals surface area contributed by atoms with Crippen molar-refractivity contribution in [1.82, 2.24) is 5.32 Å². The fraction of sp³-hybridized carbons (Fsp3) is 0.273. The van der Waals surface area contributed by atoms with Crippen molar-refractivity contribution in [3.8, 4) is 0 Å². The monoisotopic (exact) mass is 241 g/mol. The molecule has 0 spiro atoms. The summed E-state index contributed by atoms with van der Waals surface area (Å²) < 4.78 is 12.9. The first-order chi connectivity index (χ1) is 7.56. The van der Waals surface area contributed by atoms with Gasteiger partial charge in [-0.1, -0.05) is 17.7 Å². The molecule has 1 heterocycles. The lowest BCUT2D eigenvalue weighted by Crippen LogP contribution is -2.22. The van der Waals surface area contributed by atoms with Gasteiger partial charge in [-0.15, -0.1) is 0 Å². The Morgan fingerprint density at radius 3 is 2.75 bits per heavy atom. The molecule has 0 saturated carbocycles. The molecule has 1 aliphatic rings. The first-order valence-electron chi connectivity index (χ1n) is 4.84. The molecule has 0 aromatic heterocycles. The van der Waals surface area contributed by atoms with Gasteiger partial charge in [0.05, 0.1) is 10.9 Å². The second-order valence-corrected chi connectivity index (χ2v) is 4.17. The molecule has 5 heteroatoms. The van der Waals surface area contributed by atoms with Crippen molar-refractivity contribution in [2.75, 3.05) is 0 Å². The summed E-state index contributed by atoms with van der Waals surface area (Å²) in [6.45, 7) is 0. The number of rotatable bonds is 2. The van der Waals surface area contributed by atoms with Crippen LogP contribution in [0.15, 0.2) is 18.2 Å². The molecule has 0 radical (unpaired) electrons. The van der Waals surface area contributed by atoms with Gasteiger partial charge in [0.15, 0.2) is 0 Å². The summed E-state index contributed by atoms with van der Waals surface area (Å²) in [5.74, 6) is -1.39. The Balaban J connectivity index is 2.12. The average Bonchev–Trinajstić information content (AvgIpc) is 2.51. The number of halogens is 2. The number of imide groups is 1. The van der Waals surface area contributed by atoms with Crippen LogP contribution in [0.1, 0.15) is 12.0 Å². The third-order valence-electron chi connectivity index (χ3n) is 2.53. The normalized spacial score (nSPS) is 20.0. The Labute approximate surface area is 96.6 Å². The van der Waals surface area contributed by atoms with Crippen molar-refractivity contribution >= 4 is 23.4 Å². The van der Waals surface area contributed by atoms with Crippen molar-refractivity contribution in [2.24, 2.45) is 5.92 Å².